The molecule has 1 aromatic heterocycles. The van der Waals surface area contributed by atoms with Crippen LogP contribution in [0.2, 0.25) is 0 Å². The molecule has 1 heterocycles. The molecule has 33 heavy (non-hydrogen) atoms. The molecule has 0 saturated carbocycles. The second-order valence-corrected chi connectivity index (χ2v) is 8.48. The Hall–Kier alpha value is -2.78. The van der Waals surface area contributed by atoms with Gasteiger partial charge in [0.05, 0.1) is 12.1 Å². The number of carbonyl (C=O) groups excluding carboxylic acids is 1. The third kappa shape index (κ3) is 6.61. The van der Waals surface area contributed by atoms with Crippen LogP contribution < -0.4 is 0 Å². The van der Waals surface area contributed by atoms with Gasteiger partial charge in [0, 0.05) is 37.1 Å². The minimum Gasteiger partial charge on any atom is -0.338 e. The topological polar surface area (TPSA) is 36.4 Å². The molecule has 2 aromatic carbocycles. The Bertz CT molecular complexity index is 1080. The van der Waals surface area contributed by atoms with Gasteiger partial charge >= 0.3 is 6.18 Å². The highest BCUT2D eigenvalue weighted by molar-refractivity contribution is 7.09. The quantitative estimate of drug-likeness (QED) is 0.354. The highest BCUT2D eigenvalue weighted by Crippen LogP contribution is 2.30. The van der Waals surface area contributed by atoms with E-state index >= 15 is 0 Å². The number of nitrogens with zero attached hydrogens (tertiary/aromatic N) is 3. The van der Waals surface area contributed by atoms with E-state index in [1.807, 2.05) is 18.7 Å². The summed E-state index contributed by atoms with van der Waals surface area (Å²) < 4.78 is 53.7. The Morgan fingerprint density at radius 1 is 1.00 bits per heavy atom. The highest BCUT2D eigenvalue weighted by Gasteiger charge is 2.30. The summed E-state index contributed by atoms with van der Waals surface area (Å²) in [6, 6.07) is 11.4. The first-order valence-electron chi connectivity index (χ1n) is 10.6. The van der Waals surface area contributed by atoms with E-state index in [0.717, 1.165) is 12.1 Å². The van der Waals surface area contributed by atoms with E-state index < -0.39 is 11.7 Å². The second-order valence-electron chi connectivity index (χ2n) is 7.54. The van der Waals surface area contributed by atoms with Gasteiger partial charge < -0.3 is 4.90 Å². The molecule has 0 radical (unpaired) electrons. The molecule has 0 aliphatic heterocycles. The summed E-state index contributed by atoms with van der Waals surface area (Å²) in [4.78, 5) is 20.5. The molecule has 0 N–H and O–H groups in total. The molecule has 0 atom stereocenters. The molecule has 3 rings (SSSR count). The van der Waals surface area contributed by atoms with Gasteiger partial charge in [0.25, 0.3) is 5.91 Å². The first kappa shape index (κ1) is 24.9. The highest BCUT2D eigenvalue weighted by atomic mass is 32.1. The van der Waals surface area contributed by atoms with Gasteiger partial charge in [0.15, 0.2) is 0 Å². The molecule has 0 bridgehead atoms. The first-order valence-corrected chi connectivity index (χ1v) is 11.4. The van der Waals surface area contributed by atoms with Gasteiger partial charge in [0.2, 0.25) is 0 Å². The van der Waals surface area contributed by atoms with Crippen molar-refractivity contribution in [3.63, 3.8) is 0 Å². The Labute approximate surface area is 194 Å². The standard InChI is InChI=1S/C24H25F4N3OS/c1-3-31(4-2)23(32)21-16-33-22(29-21)15-30(14-18-9-5-6-11-20(18)25)13-17-8-7-10-19(12-17)24(26,27)28/h5-12,16H,3-4,13-15H2,1-2H3. The van der Waals surface area contributed by atoms with Crippen molar-refractivity contribution in [2.75, 3.05) is 13.1 Å². The van der Waals surface area contributed by atoms with E-state index in [1.54, 1.807) is 34.5 Å². The molecule has 0 spiro atoms. The predicted molar refractivity (Wildman–Crippen MR) is 120 cm³/mol. The van der Waals surface area contributed by atoms with Crippen LogP contribution in [-0.2, 0) is 25.8 Å². The molecule has 0 saturated heterocycles. The van der Waals surface area contributed by atoms with Crippen LogP contribution in [0.5, 0.6) is 0 Å². The normalized spacial score (nSPS) is 11.7. The molecular formula is C24H25F4N3OS. The maximum atomic E-state index is 14.3. The molecule has 0 unspecified atom stereocenters. The lowest BCUT2D eigenvalue weighted by molar-refractivity contribution is -0.137. The number of hydrogen-bond donors (Lipinski definition) is 0. The lowest BCUT2D eigenvalue weighted by Crippen LogP contribution is -2.30. The maximum Gasteiger partial charge on any atom is 0.416 e. The Morgan fingerprint density at radius 2 is 1.73 bits per heavy atom. The zero-order chi connectivity index (χ0) is 24.0. The lowest BCUT2D eigenvalue weighted by Gasteiger charge is -2.22. The number of hydrogen-bond acceptors (Lipinski definition) is 4. The van der Waals surface area contributed by atoms with Crippen LogP contribution in [0.4, 0.5) is 17.6 Å². The summed E-state index contributed by atoms with van der Waals surface area (Å²) in [5.74, 6) is -0.552. The van der Waals surface area contributed by atoms with Gasteiger partial charge in [-0.2, -0.15) is 13.2 Å². The zero-order valence-electron chi connectivity index (χ0n) is 18.4. The molecule has 3 aromatic rings. The Kier molecular flexibility index (Phi) is 8.20. The molecule has 176 valence electrons. The molecule has 0 aliphatic carbocycles. The van der Waals surface area contributed by atoms with Crippen molar-refractivity contribution in [1.29, 1.82) is 0 Å². The van der Waals surface area contributed by atoms with E-state index in [9.17, 15) is 22.4 Å². The van der Waals surface area contributed by atoms with Crippen LogP contribution in [0, 0.1) is 5.82 Å². The SMILES string of the molecule is CCN(CC)C(=O)c1csc(CN(Cc2cccc(C(F)(F)F)c2)Cc2ccccc2F)n1. The van der Waals surface area contributed by atoms with Crippen molar-refractivity contribution in [2.24, 2.45) is 0 Å². The van der Waals surface area contributed by atoms with Gasteiger partial charge in [-0.25, -0.2) is 9.37 Å². The third-order valence-corrected chi connectivity index (χ3v) is 6.03. The number of rotatable bonds is 9. The van der Waals surface area contributed by atoms with Crippen molar-refractivity contribution < 1.29 is 22.4 Å². The smallest absolute Gasteiger partial charge is 0.338 e. The summed E-state index contributed by atoms with van der Waals surface area (Å²) in [7, 11) is 0. The van der Waals surface area contributed by atoms with Crippen LogP contribution in [0.15, 0.2) is 53.9 Å². The number of aromatic nitrogens is 1. The minimum absolute atomic E-state index is 0.164. The zero-order valence-corrected chi connectivity index (χ0v) is 19.2. The number of amides is 1. The van der Waals surface area contributed by atoms with Crippen LogP contribution in [-0.4, -0.2) is 33.8 Å². The van der Waals surface area contributed by atoms with E-state index in [0.29, 0.717) is 34.9 Å². The lowest BCUT2D eigenvalue weighted by atomic mass is 10.1. The minimum atomic E-state index is -4.44. The van der Waals surface area contributed by atoms with Crippen molar-refractivity contribution in [1.82, 2.24) is 14.8 Å². The van der Waals surface area contributed by atoms with Crippen LogP contribution >= 0.6 is 11.3 Å². The number of carbonyl (C=O) groups is 1. The maximum absolute atomic E-state index is 14.3. The number of alkyl halides is 3. The molecule has 4 nitrogen and oxygen atoms in total. The summed E-state index contributed by atoms with van der Waals surface area (Å²) in [6.07, 6.45) is -4.44. The van der Waals surface area contributed by atoms with E-state index in [1.165, 1.54) is 23.5 Å². The molecule has 0 aliphatic rings. The third-order valence-electron chi connectivity index (χ3n) is 5.19. The fourth-order valence-electron chi connectivity index (χ4n) is 3.49. The van der Waals surface area contributed by atoms with E-state index in [4.69, 9.17) is 0 Å². The number of thiazole rings is 1. The van der Waals surface area contributed by atoms with E-state index in [2.05, 4.69) is 4.98 Å². The summed E-state index contributed by atoms with van der Waals surface area (Å²) in [6.45, 7) is 5.52. The monoisotopic (exact) mass is 479 g/mol. The van der Waals surface area contributed by atoms with Gasteiger partial charge in [-0.15, -0.1) is 11.3 Å². The second kappa shape index (κ2) is 10.9. The molecule has 1 amide bonds. The molecule has 0 fully saturated rings. The van der Waals surface area contributed by atoms with Crippen molar-refractivity contribution in [3.05, 3.63) is 87.1 Å². The molecule has 9 heteroatoms. The van der Waals surface area contributed by atoms with Crippen molar-refractivity contribution in [3.8, 4) is 0 Å². The van der Waals surface area contributed by atoms with E-state index in [-0.39, 0.29) is 31.4 Å². The fraction of sp³-hybridized carbons (Fsp3) is 0.333. The van der Waals surface area contributed by atoms with Gasteiger partial charge in [-0.05, 0) is 31.5 Å². The number of benzene rings is 2. The van der Waals surface area contributed by atoms with Gasteiger partial charge in [-0.1, -0.05) is 36.4 Å². The predicted octanol–water partition coefficient (Wildman–Crippen LogP) is 5.99. The Morgan fingerprint density at radius 3 is 2.39 bits per heavy atom. The fourth-order valence-corrected chi connectivity index (χ4v) is 4.29. The average molecular weight is 480 g/mol. The van der Waals surface area contributed by atoms with Crippen molar-refractivity contribution in [2.45, 2.75) is 39.7 Å². The first-order chi connectivity index (χ1) is 15.7. The average Bonchev–Trinajstić information content (AvgIpc) is 3.24. The van der Waals surface area contributed by atoms with Crippen LogP contribution in [0.25, 0.3) is 0 Å². The largest absolute Gasteiger partial charge is 0.416 e. The Balaban J connectivity index is 1.84. The number of halogens is 4. The van der Waals surface area contributed by atoms with Crippen LogP contribution in [0.1, 0.15) is 46.0 Å². The van der Waals surface area contributed by atoms with Gasteiger partial charge in [0.1, 0.15) is 16.5 Å². The summed E-state index contributed by atoms with van der Waals surface area (Å²) in [5.41, 5.74) is 0.494. The van der Waals surface area contributed by atoms with Crippen molar-refractivity contribution >= 4 is 17.2 Å². The summed E-state index contributed by atoms with van der Waals surface area (Å²) in [5, 5.41) is 2.32. The summed E-state index contributed by atoms with van der Waals surface area (Å²) >= 11 is 1.30. The van der Waals surface area contributed by atoms with Crippen LogP contribution in [0.3, 0.4) is 0 Å². The molecular weight excluding hydrogens is 454 g/mol. The van der Waals surface area contributed by atoms with Gasteiger partial charge in [-0.3, -0.25) is 9.69 Å².